The van der Waals surface area contributed by atoms with Gasteiger partial charge in [0.25, 0.3) is 5.91 Å². The quantitative estimate of drug-likeness (QED) is 0.693. The molecule has 0 atom stereocenters. The molecular weight excluding hydrogens is 222 g/mol. The number of aliphatic hydroxyl groups excluding tert-OH is 1. The Bertz CT molecular complexity index is 415. The van der Waals surface area contributed by atoms with Gasteiger partial charge in [-0.25, -0.2) is 0 Å². The number of benzene rings is 1. The van der Waals surface area contributed by atoms with E-state index < -0.39 is 5.54 Å². The molecule has 0 aliphatic heterocycles. The first-order chi connectivity index (χ1) is 8.15. The molecule has 1 aliphatic carbocycles. The van der Waals surface area contributed by atoms with E-state index >= 15 is 0 Å². The Hall–Kier alpha value is -1.75. The molecular formula is C12H15NO4. The van der Waals surface area contributed by atoms with Crippen molar-refractivity contribution >= 4 is 5.91 Å². The van der Waals surface area contributed by atoms with Crippen molar-refractivity contribution in [2.75, 3.05) is 13.2 Å². The van der Waals surface area contributed by atoms with Crippen molar-refractivity contribution in [2.45, 2.75) is 18.4 Å². The van der Waals surface area contributed by atoms with Crippen LogP contribution < -0.4 is 10.1 Å². The van der Waals surface area contributed by atoms with Crippen molar-refractivity contribution in [2.24, 2.45) is 0 Å². The van der Waals surface area contributed by atoms with Crippen LogP contribution in [0.25, 0.3) is 0 Å². The number of carbonyl (C=O) groups is 1. The summed E-state index contributed by atoms with van der Waals surface area (Å²) in [6.45, 7) is -0.214. The number of ether oxygens (including phenoxy) is 1. The van der Waals surface area contributed by atoms with Gasteiger partial charge in [0.15, 0.2) is 18.1 Å². The lowest BCUT2D eigenvalue weighted by atomic mass is 10.3. The third-order valence-corrected chi connectivity index (χ3v) is 2.78. The number of aromatic hydroxyl groups is 1. The first-order valence-corrected chi connectivity index (χ1v) is 5.48. The fourth-order valence-corrected chi connectivity index (χ4v) is 1.53. The lowest BCUT2D eigenvalue weighted by Gasteiger charge is -2.14. The summed E-state index contributed by atoms with van der Waals surface area (Å²) in [4.78, 5) is 11.5. The maximum atomic E-state index is 11.5. The number of aliphatic hydroxyl groups is 1. The van der Waals surface area contributed by atoms with E-state index in [-0.39, 0.29) is 30.6 Å². The van der Waals surface area contributed by atoms with Crippen molar-refractivity contribution in [3.63, 3.8) is 0 Å². The van der Waals surface area contributed by atoms with E-state index in [2.05, 4.69) is 5.32 Å². The zero-order chi connectivity index (χ0) is 12.3. The number of phenolic OH excluding ortho intramolecular Hbond substituents is 1. The summed E-state index contributed by atoms with van der Waals surface area (Å²) in [6, 6.07) is 6.46. The average Bonchev–Trinajstić information content (AvgIpc) is 3.08. The van der Waals surface area contributed by atoms with E-state index in [0.29, 0.717) is 0 Å². The Kier molecular flexibility index (Phi) is 3.19. The van der Waals surface area contributed by atoms with Gasteiger partial charge in [0.2, 0.25) is 0 Å². The summed E-state index contributed by atoms with van der Waals surface area (Å²) in [5.74, 6) is -0.0140. The number of hydrogen-bond acceptors (Lipinski definition) is 4. The first kappa shape index (κ1) is 11.7. The molecule has 92 valence electrons. The largest absolute Gasteiger partial charge is 0.504 e. The van der Waals surface area contributed by atoms with Gasteiger partial charge < -0.3 is 20.3 Å². The minimum Gasteiger partial charge on any atom is -0.504 e. The van der Waals surface area contributed by atoms with Crippen LogP contribution in [0, 0.1) is 0 Å². The number of phenols is 1. The van der Waals surface area contributed by atoms with Crippen LogP contribution in [-0.2, 0) is 4.79 Å². The summed E-state index contributed by atoms with van der Waals surface area (Å²) < 4.78 is 5.17. The third-order valence-electron chi connectivity index (χ3n) is 2.78. The number of carbonyl (C=O) groups excluding carboxylic acids is 1. The Balaban J connectivity index is 1.82. The maximum Gasteiger partial charge on any atom is 0.258 e. The highest BCUT2D eigenvalue weighted by molar-refractivity contribution is 5.79. The number of amides is 1. The van der Waals surface area contributed by atoms with Crippen molar-refractivity contribution in [3.05, 3.63) is 24.3 Å². The van der Waals surface area contributed by atoms with Crippen LogP contribution >= 0.6 is 0 Å². The molecule has 5 nitrogen and oxygen atoms in total. The summed E-state index contributed by atoms with van der Waals surface area (Å²) >= 11 is 0. The molecule has 1 aromatic carbocycles. The highest BCUT2D eigenvalue weighted by Gasteiger charge is 2.43. The number of hydrogen-bond donors (Lipinski definition) is 3. The minimum atomic E-state index is -0.431. The molecule has 1 saturated carbocycles. The summed E-state index contributed by atoms with van der Waals surface area (Å²) in [7, 11) is 0. The van der Waals surface area contributed by atoms with Crippen molar-refractivity contribution in [1.82, 2.24) is 5.32 Å². The average molecular weight is 237 g/mol. The fourth-order valence-electron chi connectivity index (χ4n) is 1.53. The molecule has 2 rings (SSSR count). The first-order valence-electron chi connectivity index (χ1n) is 5.48. The zero-order valence-electron chi connectivity index (χ0n) is 9.35. The summed E-state index contributed by atoms with van der Waals surface area (Å²) in [5, 5.41) is 21.2. The molecule has 0 heterocycles. The molecule has 1 fully saturated rings. The van der Waals surface area contributed by atoms with E-state index in [1.165, 1.54) is 6.07 Å². The molecule has 1 amide bonds. The van der Waals surface area contributed by atoms with E-state index in [9.17, 15) is 9.90 Å². The molecule has 17 heavy (non-hydrogen) atoms. The van der Waals surface area contributed by atoms with E-state index in [1.807, 2.05) is 0 Å². The van der Waals surface area contributed by atoms with E-state index in [0.717, 1.165) is 12.8 Å². The van der Waals surface area contributed by atoms with Gasteiger partial charge in [0.05, 0.1) is 12.1 Å². The van der Waals surface area contributed by atoms with Crippen LogP contribution in [-0.4, -0.2) is 34.9 Å². The van der Waals surface area contributed by atoms with Crippen LogP contribution in [0.2, 0.25) is 0 Å². The fraction of sp³-hybridized carbons (Fsp3) is 0.417. The van der Waals surface area contributed by atoms with Crippen molar-refractivity contribution in [1.29, 1.82) is 0 Å². The van der Waals surface area contributed by atoms with Crippen LogP contribution in [0.5, 0.6) is 11.5 Å². The summed E-state index contributed by atoms with van der Waals surface area (Å²) in [6.07, 6.45) is 1.59. The maximum absolute atomic E-state index is 11.5. The van der Waals surface area contributed by atoms with Crippen LogP contribution in [0.15, 0.2) is 24.3 Å². The van der Waals surface area contributed by atoms with Gasteiger partial charge in [-0.05, 0) is 25.0 Å². The normalized spacial score (nSPS) is 16.3. The van der Waals surface area contributed by atoms with Crippen molar-refractivity contribution in [3.8, 4) is 11.5 Å². The molecule has 3 N–H and O–H groups in total. The van der Waals surface area contributed by atoms with Crippen LogP contribution in [0.3, 0.4) is 0 Å². The highest BCUT2D eigenvalue weighted by Crippen LogP contribution is 2.34. The molecule has 0 saturated heterocycles. The third kappa shape index (κ3) is 2.88. The molecule has 0 bridgehead atoms. The molecule has 0 unspecified atom stereocenters. The predicted octanol–water partition coefficient (Wildman–Crippen LogP) is 0.412. The molecule has 5 heteroatoms. The topological polar surface area (TPSA) is 78.8 Å². The van der Waals surface area contributed by atoms with E-state index in [1.54, 1.807) is 18.2 Å². The lowest BCUT2D eigenvalue weighted by Crippen LogP contribution is -2.42. The highest BCUT2D eigenvalue weighted by atomic mass is 16.5. The second-order valence-electron chi connectivity index (χ2n) is 4.24. The molecule has 0 aromatic heterocycles. The van der Waals surface area contributed by atoms with Gasteiger partial charge in [0, 0.05) is 0 Å². The number of para-hydroxylation sites is 2. The Morgan fingerprint density at radius 1 is 1.41 bits per heavy atom. The van der Waals surface area contributed by atoms with Gasteiger partial charge in [0.1, 0.15) is 0 Å². The Morgan fingerprint density at radius 3 is 2.71 bits per heavy atom. The molecule has 1 aromatic rings. The zero-order valence-corrected chi connectivity index (χ0v) is 9.35. The second-order valence-corrected chi connectivity index (χ2v) is 4.24. The molecule has 0 radical (unpaired) electrons. The van der Waals surface area contributed by atoms with Crippen LogP contribution in [0.4, 0.5) is 0 Å². The van der Waals surface area contributed by atoms with Gasteiger partial charge >= 0.3 is 0 Å². The predicted molar refractivity (Wildman–Crippen MR) is 60.8 cm³/mol. The molecule has 1 aliphatic rings. The van der Waals surface area contributed by atoms with Crippen LogP contribution in [0.1, 0.15) is 12.8 Å². The Morgan fingerprint density at radius 2 is 2.12 bits per heavy atom. The minimum absolute atomic E-state index is 0.00333. The SMILES string of the molecule is O=C(COc1ccccc1O)NC1(CO)CC1. The van der Waals surface area contributed by atoms with Gasteiger partial charge in [-0.15, -0.1) is 0 Å². The number of rotatable bonds is 5. The second kappa shape index (κ2) is 4.63. The standard InChI is InChI=1S/C12H15NO4/c14-8-12(5-6-12)13-11(16)7-17-10-4-2-1-3-9(10)15/h1-4,14-15H,5-8H2,(H,13,16). The Labute approximate surface area is 99.0 Å². The van der Waals surface area contributed by atoms with Gasteiger partial charge in [-0.1, -0.05) is 12.1 Å². The summed E-state index contributed by atoms with van der Waals surface area (Å²) in [5.41, 5.74) is -0.431. The van der Waals surface area contributed by atoms with E-state index in [4.69, 9.17) is 9.84 Å². The van der Waals surface area contributed by atoms with Crippen molar-refractivity contribution < 1.29 is 19.7 Å². The lowest BCUT2D eigenvalue weighted by molar-refractivity contribution is -0.124. The van der Waals surface area contributed by atoms with Gasteiger partial charge in [-0.3, -0.25) is 4.79 Å². The smallest absolute Gasteiger partial charge is 0.258 e. The van der Waals surface area contributed by atoms with Gasteiger partial charge in [-0.2, -0.15) is 0 Å². The monoisotopic (exact) mass is 237 g/mol. The number of nitrogens with one attached hydrogen (secondary N) is 1. The molecule has 0 spiro atoms.